The molecule has 0 saturated carbocycles. The predicted molar refractivity (Wildman–Crippen MR) is 88.4 cm³/mol. The summed E-state index contributed by atoms with van der Waals surface area (Å²) < 4.78 is 0. The summed E-state index contributed by atoms with van der Waals surface area (Å²) in [5.41, 5.74) is 7.44. The number of halogens is 3. The summed E-state index contributed by atoms with van der Waals surface area (Å²) in [5, 5.41) is 4.46. The Balaban J connectivity index is 1.95. The van der Waals surface area contributed by atoms with Crippen molar-refractivity contribution in [3.8, 4) is 0 Å². The molecule has 21 heavy (non-hydrogen) atoms. The molecule has 1 amide bonds. The van der Waals surface area contributed by atoms with Gasteiger partial charge in [-0.3, -0.25) is 4.79 Å². The van der Waals surface area contributed by atoms with Crippen molar-refractivity contribution in [2.45, 2.75) is 6.42 Å². The van der Waals surface area contributed by atoms with Crippen molar-refractivity contribution in [2.75, 3.05) is 12.3 Å². The van der Waals surface area contributed by atoms with Gasteiger partial charge in [0.05, 0.1) is 5.56 Å². The summed E-state index contributed by atoms with van der Waals surface area (Å²) in [4.78, 5) is 12.0. The summed E-state index contributed by atoms with van der Waals surface area (Å²) in [6.07, 6.45) is 0.606. The maximum Gasteiger partial charge on any atom is 0.253 e. The molecule has 0 heterocycles. The molecule has 0 saturated heterocycles. The van der Waals surface area contributed by atoms with Crippen molar-refractivity contribution in [3.63, 3.8) is 0 Å². The Kier molecular flexibility index (Phi) is 5.34. The number of rotatable bonds is 4. The molecule has 2 aromatic carbocycles. The van der Waals surface area contributed by atoms with Gasteiger partial charge in [0.15, 0.2) is 0 Å². The highest BCUT2D eigenvalue weighted by Crippen LogP contribution is 2.21. The third-order valence-electron chi connectivity index (χ3n) is 2.95. The molecule has 0 atom stereocenters. The fraction of sp³-hybridized carbons (Fsp3) is 0.133. The molecule has 6 heteroatoms. The molecule has 0 radical (unpaired) electrons. The van der Waals surface area contributed by atoms with E-state index in [4.69, 9.17) is 40.5 Å². The molecule has 0 aliphatic heterocycles. The van der Waals surface area contributed by atoms with Gasteiger partial charge in [-0.1, -0.05) is 40.9 Å². The van der Waals surface area contributed by atoms with Gasteiger partial charge in [0.2, 0.25) is 0 Å². The number of anilines is 1. The Bertz CT molecular complexity index is 674. The fourth-order valence-electron chi connectivity index (χ4n) is 1.87. The number of nitrogens with one attached hydrogen (secondary N) is 1. The van der Waals surface area contributed by atoms with E-state index in [1.165, 1.54) is 0 Å². The summed E-state index contributed by atoms with van der Waals surface area (Å²) in [6.45, 7) is 0.447. The van der Waals surface area contributed by atoms with E-state index in [0.29, 0.717) is 39.3 Å². The van der Waals surface area contributed by atoms with Crippen molar-refractivity contribution in [1.82, 2.24) is 5.32 Å². The van der Waals surface area contributed by atoms with Crippen LogP contribution in [0.25, 0.3) is 0 Å². The van der Waals surface area contributed by atoms with Crippen molar-refractivity contribution in [2.24, 2.45) is 0 Å². The molecule has 2 rings (SSSR count). The van der Waals surface area contributed by atoms with Gasteiger partial charge in [0.25, 0.3) is 5.91 Å². The van der Waals surface area contributed by atoms with Crippen LogP contribution in [0.4, 0.5) is 5.69 Å². The Hall–Kier alpha value is -1.42. The number of nitrogen functional groups attached to an aromatic ring is 1. The van der Waals surface area contributed by atoms with E-state index in [0.717, 1.165) is 5.56 Å². The SMILES string of the molecule is Nc1cc(Cl)ccc1C(=O)NCCc1ccc(Cl)cc1Cl. The Morgan fingerprint density at radius 1 is 1.05 bits per heavy atom. The highest BCUT2D eigenvalue weighted by Gasteiger charge is 2.10. The summed E-state index contributed by atoms with van der Waals surface area (Å²) in [5.74, 6) is -0.241. The third-order valence-corrected chi connectivity index (χ3v) is 3.78. The minimum Gasteiger partial charge on any atom is -0.398 e. The molecule has 0 unspecified atom stereocenters. The number of amides is 1. The monoisotopic (exact) mass is 342 g/mol. The molecule has 0 aliphatic rings. The van der Waals surface area contributed by atoms with Crippen LogP contribution in [-0.2, 0) is 6.42 Å². The van der Waals surface area contributed by atoms with Gasteiger partial charge >= 0.3 is 0 Å². The van der Waals surface area contributed by atoms with Crippen LogP contribution in [0.15, 0.2) is 36.4 Å². The van der Waals surface area contributed by atoms with Gasteiger partial charge in [-0.15, -0.1) is 0 Å². The van der Waals surface area contributed by atoms with E-state index in [-0.39, 0.29) is 5.91 Å². The zero-order chi connectivity index (χ0) is 15.4. The maximum atomic E-state index is 12.0. The second-order valence-corrected chi connectivity index (χ2v) is 5.75. The van der Waals surface area contributed by atoms with Crippen LogP contribution in [0.5, 0.6) is 0 Å². The molecule has 0 aliphatic carbocycles. The van der Waals surface area contributed by atoms with Crippen molar-refractivity contribution in [1.29, 1.82) is 0 Å². The lowest BCUT2D eigenvalue weighted by atomic mass is 10.1. The van der Waals surface area contributed by atoms with E-state index in [1.807, 2.05) is 6.07 Å². The standard InChI is InChI=1S/C15H13Cl3N2O/c16-10-2-1-9(13(18)7-10)5-6-20-15(21)12-4-3-11(17)8-14(12)19/h1-4,7-8H,5-6,19H2,(H,20,21). The minimum absolute atomic E-state index is 0.241. The van der Waals surface area contributed by atoms with Crippen LogP contribution >= 0.6 is 34.8 Å². The lowest BCUT2D eigenvalue weighted by molar-refractivity contribution is 0.0955. The molecule has 2 aromatic rings. The first-order valence-corrected chi connectivity index (χ1v) is 7.38. The molecular formula is C15H13Cl3N2O. The Labute approximate surface area is 138 Å². The van der Waals surface area contributed by atoms with Crippen LogP contribution in [0.2, 0.25) is 15.1 Å². The summed E-state index contributed by atoms with van der Waals surface area (Å²) in [7, 11) is 0. The van der Waals surface area contributed by atoms with E-state index in [1.54, 1.807) is 30.3 Å². The molecule has 0 spiro atoms. The lowest BCUT2D eigenvalue weighted by Gasteiger charge is -2.09. The van der Waals surface area contributed by atoms with Crippen LogP contribution in [0.3, 0.4) is 0 Å². The van der Waals surface area contributed by atoms with E-state index >= 15 is 0 Å². The van der Waals surface area contributed by atoms with Crippen LogP contribution < -0.4 is 11.1 Å². The first-order valence-electron chi connectivity index (χ1n) is 6.24. The average Bonchev–Trinajstić information content (AvgIpc) is 2.41. The molecular weight excluding hydrogens is 331 g/mol. The highest BCUT2D eigenvalue weighted by atomic mass is 35.5. The average molecular weight is 344 g/mol. The van der Waals surface area contributed by atoms with Gasteiger partial charge < -0.3 is 11.1 Å². The highest BCUT2D eigenvalue weighted by molar-refractivity contribution is 6.35. The van der Waals surface area contributed by atoms with E-state index < -0.39 is 0 Å². The quantitative estimate of drug-likeness (QED) is 0.817. The Morgan fingerprint density at radius 3 is 2.38 bits per heavy atom. The third kappa shape index (κ3) is 4.27. The number of carbonyl (C=O) groups excluding carboxylic acids is 1. The molecule has 0 aromatic heterocycles. The zero-order valence-corrected chi connectivity index (χ0v) is 13.3. The lowest BCUT2D eigenvalue weighted by Crippen LogP contribution is -2.26. The first-order chi connectivity index (χ1) is 9.97. The van der Waals surface area contributed by atoms with Gasteiger partial charge in [0, 0.05) is 27.3 Å². The van der Waals surface area contributed by atoms with Gasteiger partial charge in [-0.05, 0) is 42.3 Å². The topological polar surface area (TPSA) is 55.1 Å². The van der Waals surface area contributed by atoms with Crippen molar-refractivity contribution >= 4 is 46.4 Å². The number of carbonyl (C=O) groups is 1. The molecule has 0 fully saturated rings. The number of benzene rings is 2. The minimum atomic E-state index is -0.241. The van der Waals surface area contributed by atoms with Gasteiger partial charge in [-0.25, -0.2) is 0 Å². The largest absolute Gasteiger partial charge is 0.398 e. The van der Waals surface area contributed by atoms with Gasteiger partial charge in [0.1, 0.15) is 0 Å². The summed E-state index contributed by atoms with van der Waals surface area (Å²) in [6, 6.07) is 10.1. The Morgan fingerprint density at radius 2 is 1.71 bits per heavy atom. The van der Waals surface area contributed by atoms with Crippen molar-refractivity contribution < 1.29 is 4.79 Å². The normalized spacial score (nSPS) is 10.4. The zero-order valence-electron chi connectivity index (χ0n) is 11.0. The first kappa shape index (κ1) is 16.0. The number of hydrogen-bond acceptors (Lipinski definition) is 2. The molecule has 3 nitrogen and oxygen atoms in total. The maximum absolute atomic E-state index is 12.0. The van der Waals surface area contributed by atoms with Crippen LogP contribution in [-0.4, -0.2) is 12.5 Å². The van der Waals surface area contributed by atoms with Crippen LogP contribution in [0, 0.1) is 0 Å². The second-order valence-electron chi connectivity index (χ2n) is 4.47. The van der Waals surface area contributed by atoms with Crippen LogP contribution in [0.1, 0.15) is 15.9 Å². The van der Waals surface area contributed by atoms with Crippen molar-refractivity contribution in [3.05, 3.63) is 62.6 Å². The summed E-state index contributed by atoms with van der Waals surface area (Å²) >= 11 is 17.7. The van der Waals surface area contributed by atoms with E-state index in [9.17, 15) is 4.79 Å². The number of nitrogens with two attached hydrogens (primary N) is 1. The van der Waals surface area contributed by atoms with E-state index in [2.05, 4.69) is 5.32 Å². The smallest absolute Gasteiger partial charge is 0.253 e. The molecule has 0 bridgehead atoms. The fourth-order valence-corrected chi connectivity index (χ4v) is 2.55. The molecule has 110 valence electrons. The van der Waals surface area contributed by atoms with Gasteiger partial charge in [-0.2, -0.15) is 0 Å². The predicted octanol–water partition coefficient (Wildman–Crippen LogP) is 4.20. The second kappa shape index (κ2) is 7.03. The number of hydrogen-bond donors (Lipinski definition) is 2. The molecule has 3 N–H and O–H groups in total.